The number of nitrogens with zero attached hydrogens (tertiary/aromatic N) is 1. The fraction of sp³-hybridized carbons (Fsp3) is 0.471. The number of aryl methyl sites for hydroxylation is 1. The maximum Gasteiger partial charge on any atom is 0.126 e. The molecule has 0 saturated heterocycles. The minimum atomic E-state index is -0.293. The molecule has 1 aromatic carbocycles. The molecule has 0 spiro atoms. The molecule has 1 heterocycles. The van der Waals surface area contributed by atoms with E-state index in [-0.39, 0.29) is 11.4 Å². The maximum absolute atomic E-state index is 13.7. The van der Waals surface area contributed by atoms with Gasteiger partial charge in [0.25, 0.3) is 0 Å². The lowest BCUT2D eigenvalue weighted by atomic mass is 9.78. The van der Waals surface area contributed by atoms with Crippen molar-refractivity contribution in [2.24, 2.45) is 11.7 Å². The number of thiazole rings is 1. The van der Waals surface area contributed by atoms with Gasteiger partial charge in [0.15, 0.2) is 0 Å². The minimum absolute atomic E-state index is 0.184. The van der Waals surface area contributed by atoms with E-state index in [4.69, 9.17) is 10.7 Å². The van der Waals surface area contributed by atoms with Gasteiger partial charge in [0.2, 0.25) is 0 Å². The van der Waals surface area contributed by atoms with Crippen LogP contribution in [0.5, 0.6) is 0 Å². The fourth-order valence-corrected chi connectivity index (χ4v) is 3.88. The van der Waals surface area contributed by atoms with Crippen LogP contribution in [0.2, 0.25) is 0 Å². The molecule has 0 bridgehead atoms. The molecule has 0 atom stereocenters. The molecule has 0 unspecified atom stereocenters. The van der Waals surface area contributed by atoms with Gasteiger partial charge >= 0.3 is 0 Å². The third-order valence-electron chi connectivity index (χ3n) is 4.56. The molecular formula is C17H21FN2S. The second kappa shape index (κ2) is 5.50. The van der Waals surface area contributed by atoms with Crippen molar-refractivity contribution in [3.05, 3.63) is 40.0 Å². The van der Waals surface area contributed by atoms with Crippen LogP contribution >= 0.6 is 11.3 Å². The molecule has 4 heteroatoms. The van der Waals surface area contributed by atoms with E-state index < -0.39 is 0 Å². The Morgan fingerprint density at radius 3 is 2.71 bits per heavy atom. The topological polar surface area (TPSA) is 38.9 Å². The maximum atomic E-state index is 13.7. The van der Waals surface area contributed by atoms with Gasteiger partial charge in [-0.2, -0.15) is 0 Å². The van der Waals surface area contributed by atoms with Crippen molar-refractivity contribution in [3.8, 4) is 11.3 Å². The molecule has 1 fully saturated rings. The number of aromatic nitrogens is 1. The van der Waals surface area contributed by atoms with E-state index in [9.17, 15) is 4.39 Å². The van der Waals surface area contributed by atoms with Gasteiger partial charge in [-0.1, -0.05) is 19.1 Å². The highest BCUT2D eigenvalue weighted by Crippen LogP contribution is 2.39. The molecular weight excluding hydrogens is 283 g/mol. The van der Waals surface area contributed by atoms with Gasteiger partial charge in [-0.15, -0.1) is 11.3 Å². The molecule has 2 nitrogen and oxygen atoms in total. The average molecular weight is 304 g/mol. The van der Waals surface area contributed by atoms with Crippen LogP contribution in [0.3, 0.4) is 0 Å². The van der Waals surface area contributed by atoms with Gasteiger partial charge in [-0.25, -0.2) is 9.37 Å². The predicted octanol–water partition coefficient (Wildman–Crippen LogP) is 4.62. The first-order valence-electron chi connectivity index (χ1n) is 7.49. The standard InChI is InChI=1S/C17H21FN2S/c1-11-5-7-17(19,8-6-11)16-20-15(10-21-16)13-4-3-12(2)14(18)9-13/h3-4,9-11H,5-8,19H2,1-2H3. The lowest BCUT2D eigenvalue weighted by Gasteiger charge is -2.34. The lowest BCUT2D eigenvalue weighted by Crippen LogP contribution is -2.40. The summed E-state index contributed by atoms with van der Waals surface area (Å²) in [4.78, 5) is 4.70. The van der Waals surface area contributed by atoms with E-state index in [1.54, 1.807) is 30.4 Å². The molecule has 1 aliphatic carbocycles. The average Bonchev–Trinajstić information content (AvgIpc) is 2.96. The molecule has 2 N–H and O–H groups in total. The third-order valence-corrected chi connectivity index (χ3v) is 5.63. The Kier molecular flexibility index (Phi) is 3.84. The van der Waals surface area contributed by atoms with Crippen molar-refractivity contribution in [1.82, 2.24) is 4.98 Å². The summed E-state index contributed by atoms with van der Waals surface area (Å²) in [5.41, 5.74) is 8.59. The highest BCUT2D eigenvalue weighted by Gasteiger charge is 2.34. The summed E-state index contributed by atoms with van der Waals surface area (Å²) in [7, 11) is 0. The van der Waals surface area contributed by atoms with E-state index in [0.717, 1.165) is 47.9 Å². The zero-order chi connectivity index (χ0) is 15.0. The first-order valence-corrected chi connectivity index (χ1v) is 8.37. The molecule has 112 valence electrons. The smallest absolute Gasteiger partial charge is 0.126 e. The zero-order valence-corrected chi connectivity index (χ0v) is 13.3. The molecule has 0 amide bonds. The predicted molar refractivity (Wildman–Crippen MR) is 85.7 cm³/mol. The molecule has 0 radical (unpaired) electrons. The molecule has 2 aromatic rings. The van der Waals surface area contributed by atoms with Gasteiger partial charge < -0.3 is 5.73 Å². The van der Waals surface area contributed by atoms with Crippen molar-refractivity contribution in [2.45, 2.75) is 45.1 Å². The monoisotopic (exact) mass is 304 g/mol. The van der Waals surface area contributed by atoms with Crippen molar-refractivity contribution in [3.63, 3.8) is 0 Å². The Morgan fingerprint density at radius 2 is 2.05 bits per heavy atom. The summed E-state index contributed by atoms with van der Waals surface area (Å²) in [6, 6.07) is 5.27. The molecule has 1 aromatic heterocycles. The SMILES string of the molecule is Cc1ccc(-c2csc(C3(N)CCC(C)CC3)n2)cc1F. The number of rotatable bonds is 2. The van der Waals surface area contributed by atoms with Gasteiger partial charge in [0.05, 0.1) is 11.2 Å². The van der Waals surface area contributed by atoms with Gasteiger partial charge in [-0.05, 0) is 50.2 Å². The van der Waals surface area contributed by atoms with E-state index in [1.807, 2.05) is 11.4 Å². The third kappa shape index (κ3) is 2.87. The number of benzene rings is 1. The summed E-state index contributed by atoms with van der Waals surface area (Å²) < 4.78 is 13.7. The van der Waals surface area contributed by atoms with Crippen LogP contribution in [0.15, 0.2) is 23.6 Å². The quantitative estimate of drug-likeness (QED) is 0.879. The summed E-state index contributed by atoms with van der Waals surface area (Å²) in [6.45, 7) is 4.05. The molecule has 3 rings (SSSR count). The fourth-order valence-electron chi connectivity index (χ4n) is 2.88. The van der Waals surface area contributed by atoms with E-state index in [0.29, 0.717) is 5.56 Å². The Hall–Kier alpha value is -1.26. The normalized spacial score (nSPS) is 26.0. The zero-order valence-electron chi connectivity index (χ0n) is 12.5. The van der Waals surface area contributed by atoms with Crippen molar-refractivity contribution in [2.75, 3.05) is 0 Å². The minimum Gasteiger partial charge on any atom is -0.319 e. The number of halogens is 1. The second-order valence-electron chi connectivity index (χ2n) is 6.34. The Morgan fingerprint density at radius 1 is 1.33 bits per heavy atom. The Balaban J connectivity index is 1.87. The van der Waals surface area contributed by atoms with Gasteiger partial charge in [0, 0.05) is 10.9 Å². The van der Waals surface area contributed by atoms with E-state index in [1.165, 1.54) is 0 Å². The Labute approximate surface area is 129 Å². The summed E-state index contributed by atoms with van der Waals surface area (Å²) in [5, 5.41) is 2.98. The molecule has 1 aliphatic rings. The largest absolute Gasteiger partial charge is 0.319 e. The second-order valence-corrected chi connectivity index (χ2v) is 7.20. The van der Waals surface area contributed by atoms with Crippen LogP contribution in [0.1, 0.15) is 43.2 Å². The van der Waals surface area contributed by atoms with E-state index in [2.05, 4.69) is 6.92 Å². The number of nitrogens with two attached hydrogens (primary N) is 1. The summed E-state index contributed by atoms with van der Waals surface area (Å²) in [5.74, 6) is 0.573. The van der Waals surface area contributed by atoms with Gasteiger partial charge in [-0.3, -0.25) is 0 Å². The van der Waals surface area contributed by atoms with Crippen molar-refractivity contribution >= 4 is 11.3 Å². The summed E-state index contributed by atoms with van der Waals surface area (Å²) in [6.07, 6.45) is 4.29. The van der Waals surface area contributed by atoms with Gasteiger partial charge in [0.1, 0.15) is 10.8 Å². The van der Waals surface area contributed by atoms with Crippen LogP contribution in [0.4, 0.5) is 4.39 Å². The molecule has 1 saturated carbocycles. The number of hydrogen-bond donors (Lipinski definition) is 1. The van der Waals surface area contributed by atoms with Crippen LogP contribution in [-0.2, 0) is 5.54 Å². The van der Waals surface area contributed by atoms with Crippen LogP contribution in [0.25, 0.3) is 11.3 Å². The van der Waals surface area contributed by atoms with Crippen LogP contribution < -0.4 is 5.73 Å². The van der Waals surface area contributed by atoms with Crippen LogP contribution in [0, 0.1) is 18.7 Å². The molecule has 0 aliphatic heterocycles. The van der Waals surface area contributed by atoms with Crippen LogP contribution in [-0.4, -0.2) is 4.98 Å². The summed E-state index contributed by atoms with van der Waals surface area (Å²) >= 11 is 1.60. The highest BCUT2D eigenvalue weighted by atomic mass is 32.1. The first-order chi connectivity index (χ1) is 9.98. The van der Waals surface area contributed by atoms with Crippen molar-refractivity contribution in [1.29, 1.82) is 0 Å². The Bertz CT molecular complexity index is 642. The lowest BCUT2D eigenvalue weighted by molar-refractivity contribution is 0.247. The highest BCUT2D eigenvalue weighted by molar-refractivity contribution is 7.10. The first kappa shape index (κ1) is 14.7. The van der Waals surface area contributed by atoms with Crippen molar-refractivity contribution < 1.29 is 4.39 Å². The number of hydrogen-bond acceptors (Lipinski definition) is 3. The van der Waals surface area contributed by atoms with E-state index >= 15 is 0 Å². The molecule has 21 heavy (non-hydrogen) atoms.